The number of benzene rings is 1. The summed E-state index contributed by atoms with van der Waals surface area (Å²) >= 11 is 0. The maximum absolute atomic E-state index is 13.0. The number of methoxy groups -OCH3 is 1. The molecule has 2 aliphatic heterocycles. The van der Waals surface area contributed by atoms with Crippen LogP contribution in [0.1, 0.15) is 65.6 Å². The summed E-state index contributed by atoms with van der Waals surface area (Å²) in [6, 6.07) is 5.64. The minimum absolute atomic E-state index is 0.0133. The second kappa shape index (κ2) is 15.1. The Balaban J connectivity index is 0.00000154. The van der Waals surface area contributed by atoms with Gasteiger partial charge in [-0.25, -0.2) is 10.2 Å². The van der Waals surface area contributed by atoms with Gasteiger partial charge >= 0.3 is 6.09 Å². The van der Waals surface area contributed by atoms with Crippen molar-refractivity contribution in [3.05, 3.63) is 41.1 Å². The fourth-order valence-corrected chi connectivity index (χ4v) is 3.78. The van der Waals surface area contributed by atoms with Crippen LogP contribution in [-0.2, 0) is 20.9 Å². The van der Waals surface area contributed by atoms with Gasteiger partial charge in [-0.1, -0.05) is 53.7 Å². The number of nitrogens with one attached hydrogen (secondary N) is 4. The molecule has 202 valence electrons. The Morgan fingerprint density at radius 3 is 2.44 bits per heavy atom. The van der Waals surface area contributed by atoms with Crippen molar-refractivity contribution in [2.24, 2.45) is 5.92 Å². The standard InChI is InChI=1S/C22H32N6O4.2C2H6/c1-13(2)20(29)25-17-8-15(10-23-4)6-7-16(17)18-9-19-21(30)27(12-24-22(31)32-5)11-14(3)28(19)26-18;2*1-2/h6-9,13-14,18,23,26H,10-12H2,1-5H3,(H,24,31)(H,25,29);2*1-2H3. The van der Waals surface area contributed by atoms with Crippen LogP contribution in [0.25, 0.3) is 0 Å². The highest BCUT2D eigenvalue weighted by Crippen LogP contribution is 2.34. The van der Waals surface area contributed by atoms with Crippen LogP contribution in [0.15, 0.2) is 30.0 Å². The molecule has 1 aromatic rings. The molecule has 0 spiro atoms. The number of piperazine rings is 1. The molecule has 10 nitrogen and oxygen atoms in total. The third-order valence-corrected chi connectivity index (χ3v) is 5.51. The topological polar surface area (TPSA) is 115 Å². The summed E-state index contributed by atoms with van der Waals surface area (Å²) < 4.78 is 4.59. The Bertz CT molecular complexity index is 918. The highest BCUT2D eigenvalue weighted by molar-refractivity contribution is 5.95. The van der Waals surface area contributed by atoms with E-state index in [0.717, 1.165) is 16.8 Å². The summed E-state index contributed by atoms with van der Waals surface area (Å²) in [6.45, 7) is 14.9. The van der Waals surface area contributed by atoms with Gasteiger partial charge in [0.25, 0.3) is 5.91 Å². The highest BCUT2D eigenvalue weighted by atomic mass is 16.5. The molecule has 1 fully saturated rings. The highest BCUT2D eigenvalue weighted by Gasteiger charge is 2.39. The number of hydrogen-bond acceptors (Lipinski definition) is 7. The van der Waals surface area contributed by atoms with Gasteiger partial charge < -0.3 is 25.6 Å². The van der Waals surface area contributed by atoms with E-state index in [4.69, 9.17) is 0 Å². The summed E-state index contributed by atoms with van der Waals surface area (Å²) in [4.78, 5) is 38.4. The molecule has 3 amide bonds. The molecule has 2 heterocycles. The maximum atomic E-state index is 13.0. The number of anilines is 1. The molecule has 3 rings (SSSR count). The third kappa shape index (κ3) is 7.69. The molecule has 0 saturated carbocycles. The molecule has 2 atom stereocenters. The third-order valence-electron chi connectivity index (χ3n) is 5.51. The molecule has 0 bridgehead atoms. The molecule has 36 heavy (non-hydrogen) atoms. The number of hydrazine groups is 1. The van der Waals surface area contributed by atoms with Gasteiger partial charge in [-0.15, -0.1) is 0 Å². The number of carbonyl (C=O) groups excluding carboxylic acids is 3. The van der Waals surface area contributed by atoms with Crippen LogP contribution < -0.4 is 21.4 Å². The lowest BCUT2D eigenvalue weighted by Gasteiger charge is -2.39. The second-order valence-electron chi connectivity index (χ2n) is 8.33. The number of amides is 3. The van der Waals surface area contributed by atoms with Gasteiger partial charge in [0.05, 0.1) is 25.9 Å². The first-order valence-corrected chi connectivity index (χ1v) is 12.7. The van der Waals surface area contributed by atoms with E-state index >= 15 is 0 Å². The van der Waals surface area contributed by atoms with Crippen molar-refractivity contribution in [1.82, 2.24) is 26.0 Å². The normalized spacial score (nSPS) is 18.3. The van der Waals surface area contributed by atoms with Crippen LogP contribution in [0.3, 0.4) is 0 Å². The van der Waals surface area contributed by atoms with E-state index in [0.29, 0.717) is 18.8 Å². The number of nitrogens with zero attached hydrogens (tertiary/aromatic N) is 2. The van der Waals surface area contributed by atoms with Gasteiger partial charge in [0.2, 0.25) is 5.91 Å². The molecule has 0 aliphatic carbocycles. The van der Waals surface area contributed by atoms with Crippen LogP contribution in [0, 0.1) is 5.92 Å². The Hall–Kier alpha value is -3.11. The zero-order chi connectivity index (χ0) is 27.4. The first-order chi connectivity index (χ1) is 17.2. The van der Waals surface area contributed by atoms with Gasteiger partial charge in [-0.2, -0.15) is 0 Å². The average molecular weight is 505 g/mol. The zero-order valence-corrected chi connectivity index (χ0v) is 23.2. The van der Waals surface area contributed by atoms with Gasteiger partial charge in [-0.05, 0) is 37.2 Å². The van der Waals surface area contributed by atoms with Crippen molar-refractivity contribution in [3.63, 3.8) is 0 Å². The minimum atomic E-state index is -0.587. The van der Waals surface area contributed by atoms with Crippen molar-refractivity contribution >= 4 is 23.6 Å². The second-order valence-corrected chi connectivity index (χ2v) is 8.33. The SMILES string of the molecule is CC.CC.CNCc1ccc(C2C=C3C(=O)N(CNC(=O)OC)CC(C)N3N2)c(NC(=O)C(C)C)c1. The van der Waals surface area contributed by atoms with Crippen molar-refractivity contribution < 1.29 is 19.1 Å². The Morgan fingerprint density at radius 1 is 1.19 bits per heavy atom. The van der Waals surface area contributed by atoms with E-state index in [1.807, 2.05) is 84.8 Å². The fraction of sp³-hybridized carbons (Fsp3) is 0.577. The quantitative estimate of drug-likeness (QED) is 0.450. The molecule has 2 aliphatic rings. The molecular weight excluding hydrogens is 460 g/mol. The van der Waals surface area contributed by atoms with Gasteiger partial charge in [0.1, 0.15) is 5.70 Å². The summed E-state index contributed by atoms with van der Waals surface area (Å²) in [6.07, 6.45) is 1.28. The average Bonchev–Trinajstić information content (AvgIpc) is 3.34. The van der Waals surface area contributed by atoms with E-state index < -0.39 is 6.09 Å². The lowest BCUT2D eigenvalue weighted by Crippen LogP contribution is -2.57. The Morgan fingerprint density at radius 2 is 1.86 bits per heavy atom. The zero-order valence-electron chi connectivity index (χ0n) is 23.2. The monoisotopic (exact) mass is 504 g/mol. The van der Waals surface area contributed by atoms with Gasteiger partial charge in [0, 0.05) is 24.7 Å². The molecule has 0 aromatic heterocycles. The molecule has 1 saturated heterocycles. The van der Waals surface area contributed by atoms with Crippen molar-refractivity contribution in [2.75, 3.05) is 32.7 Å². The number of carbonyl (C=O) groups is 3. The largest absolute Gasteiger partial charge is 0.453 e. The van der Waals surface area contributed by atoms with Crippen LogP contribution in [0.4, 0.5) is 10.5 Å². The summed E-state index contributed by atoms with van der Waals surface area (Å²) in [7, 11) is 3.15. The minimum Gasteiger partial charge on any atom is -0.453 e. The summed E-state index contributed by atoms with van der Waals surface area (Å²) in [5, 5.41) is 10.6. The molecule has 0 radical (unpaired) electrons. The molecular formula is C26H44N6O4. The van der Waals surface area contributed by atoms with E-state index in [-0.39, 0.29) is 36.5 Å². The summed E-state index contributed by atoms with van der Waals surface area (Å²) in [5.41, 5.74) is 6.55. The van der Waals surface area contributed by atoms with Crippen molar-refractivity contribution in [1.29, 1.82) is 0 Å². The van der Waals surface area contributed by atoms with Crippen LogP contribution in [0.2, 0.25) is 0 Å². The van der Waals surface area contributed by atoms with Crippen LogP contribution in [0.5, 0.6) is 0 Å². The number of fused-ring (bicyclic) bond motifs is 1. The number of alkyl carbamates (subject to hydrolysis) is 1. The maximum Gasteiger partial charge on any atom is 0.408 e. The van der Waals surface area contributed by atoms with Gasteiger partial charge in [0.15, 0.2) is 0 Å². The number of hydrogen-bond donors (Lipinski definition) is 4. The number of rotatable bonds is 7. The van der Waals surface area contributed by atoms with Crippen molar-refractivity contribution in [2.45, 2.75) is 67.1 Å². The van der Waals surface area contributed by atoms with Gasteiger partial charge in [-0.3, -0.25) is 14.6 Å². The molecule has 4 N–H and O–H groups in total. The lowest BCUT2D eigenvalue weighted by atomic mass is 10.0. The summed E-state index contributed by atoms with van der Waals surface area (Å²) in [5.74, 6) is -0.413. The van der Waals surface area contributed by atoms with Crippen molar-refractivity contribution in [3.8, 4) is 0 Å². The van der Waals surface area contributed by atoms with E-state index in [1.54, 1.807) is 4.90 Å². The van der Waals surface area contributed by atoms with E-state index in [2.05, 4.69) is 26.1 Å². The molecule has 10 heteroatoms. The smallest absolute Gasteiger partial charge is 0.408 e. The molecule has 2 unspecified atom stereocenters. The van der Waals surface area contributed by atoms with E-state index in [9.17, 15) is 14.4 Å². The Kier molecular flexibility index (Phi) is 13.0. The van der Waals surface area contributed by atoms with E-state index in [1.165, 1.54) is 7.11 Å². The fourth-order valence-electron chi connectivity index (χ4n) is 3.78. The molecule has 1 aromatic carbocycles. The first-order valence-electron chi connectivity index (χ1n) is 12.7. The lowest BCUT2D eigenvalue weighted by molar-refractivity contribution is -0.134. The van der Waals surface area contributed by atoms with Crippen LogP contribution >= 0.6 is 0 Å². The number of ether oxygens (including phenoxy) is 1. The van der Waals surface area contributed by atoms with Crippen LogP contribution in [-0.4, -0.2) is 61.2 Å². The first kappa shape index (κ1) is 30.9. The predicted molar refractivity (Wildman–Crippen MR) is 143 cm³/mol. The predicted octanol–water partition coefficient (Wildman–Crippen LogP) is 3.34. The Labute approximate surface area is 215 Å².